The zero-order valence-electron chi connectivity index (χ0n) is 24.2. The first-order valence-corrected chi connectivity index (χ1v) is 15.2. The number of rotatable bonds is 3. The number of nitrogens with zero attached hydrogens (tertiary/aromatic N) is 3. The van der Waals surface area contributed by atoms with Crippen LogP contribution in [0.1, 0.15) is 0 Å². The van der Waals surface area contributed by atoms with E-state index in [4.69, 9.17) is 9.40 Å². The van der Waals surface area contributed by atoms with Crippen LogP contribution in [0.4, 0.5) is 0 Å². The molecule has 0 amide bonds. The van der Waals surface area contributed by atoms with Gasteiger partial charge in [-0.3, -0.25) is 0 Å². The maximum atomic E-state index is 6.46. The zero-order valence-corrected chi connectivity index (χ0v) is 24.2. The van der Waals surface area contributed by atoms with Gasteiger partial charge in [-0.25, -0.2) is 4.98 Å². The van der Waals surface area contributed by atoms with Gasteiger partial charge in [0.15, 0.2) is 0 Å². The third-order valence-corrected chi connectivity index (χ3v) is 9.13. The summed E-state index contributed by atoms with van der Waals surface area (Å²) in [5, 5.41) is 6.90. The number of aromatic nitrogens is 3. The third-order valence-electron chi connectivity index (χ3n) is 9.13. The Morgan fingerprint density at radius 3 is 1.64 bits per heavy atom. The molecule has 45 heavy (non-hydrogen) atoms. The van der Waals surface area contributed by atoms with Crippen molar-refractivity contribution in [3.8, 4) is 22.6 Å². The lowest BCUT2D eigenvalue weighted by Crippen LogP contribution is -1.96. The molecule has 4 aromatic heterocycles. The summed E-state index contributed by atoms with van der Waals surface area (Å²) in [6, 6.07) is 53.5. The molecule has 0 saturated heterocycles. The van der Waals surface area contributed by atoms with Crippen LogP contribution in [-0.2, 0) is 0 Å². The van der Waals surface area contributed by atoms with Crippen LogP contribution < -0.4 is 0 Å². The average Bonchev–Trinajstić information content (AvgIpc) is 3.76. The molecule has 0 aliphatic carbocycles. The van der Waals surface area contributed by atoms with Crippen molar-refractivity contribution in [3.05, 3.63) is 152 Å². The van der Waals surface area contributed by atoms with E-state index in [0.29, 0.717) is 5.71 Å². The van der Waals surface area contributed by atoms with Crippen LogP contribution in [0.2, 0.25) is 0 Å². The fraction of sp³-hybridized carbons (Fsp3) is 0. The molecule has 4 heteroatoms. The Labute approximate surface area is 258 Å². The SMILES string of the molecule is c1ccc(-n2c3ccccc3c3c(-c4ccc(-n5c6ccccc6c6ccccc65)cc4)nc4oc5ccccc5c4c32)cc1. The second-order valence-corrected chi connectivity index (χ2v) is 11.6. The Morgan fingerprint density at radius 1 is 0.422 bits per heavy atom. The fourth-order valence-electron chi connectivity index (χ4n) is 7.24. The molecule has 10 rings (SSSR count). The van der Waals surface area contributed by atoms with Crippen molar-refractivity contribution in [2.45, 2.75) is 0 Å². The van der Waals surface area contributed by atoms with Gasteiger partial charge in [0.05, 0.1) is 33.1 Å². The summed E-state index contributed by atoms with van der Waals surface area (Å²) in [5.41, 5.74) is 10.3. The summed E-state index contributed by atoms with van der Waals surface area (Å²) in [6.07, 6.45) is 0. The van der Waals surface area contributed by atoms with E-state index in [0.717, 1.165) is 60.8 Å². The summed E-state index contributed by atoms with van der Waals surface area (Å²) < 4.78 is 11.2. The highest BCUT2D eigenvalue weighted by Crippen LogP contribution is 2.44. The minimum absolute atomic E-state index is 0.644. The summed E-state index contributed by atoms with van der Waals surface area (Å²) in [6.45, 7) is 0. The predicted molar refractivity (Wildman–Crippen MR) is 186 cm³/mol. The number of hydrogen-bond acceptors (Lipinski definition) is 2. The summed E-state index contributed by atoms with van der Waals surface area (Å²) >= 11 is 0. The zero-order chi connectivity index (χ0) is 29.5. The second-order valence-electron chi connectivity index (χ2n) is 11.6. The minimum Gasteiger partial charge on any atom is -0.438 e. The largest absolute Gasteiger partial charge is 0.438 e. The van der Waals surface area contributed by atoms with Gasteiger partial charge >= 0.3 is 0 Å². The average molecular weight is 576 g/mol. The van der Waals surface area contributed by atoms with E-state index in [1.165, 1.54) is 21.8 Å². The number of para-hydroxylation sites is 5. The quantitative estimate of drug-likeness (QED) is 0.210. The van der Waals surface area contributed by atoms with E-state index >= 15 is 0 Å². The molecule has 6 aromatic carbocycles. The van der Waals surface area contributed by atoms with Crippen molar-refractivity contribution < 1.29 is 4.42 Å². The van der Waals surface area contributed by atoms with E-state index < -0.39 is 0 Å². The fourth-order valence-corrected chi connectivity index (χ4v) is 7.24. The van der Waals surface area contributed by atoms with Crippen LogP contribution in [0.5, 0.6) is 0 Å². The molecule has 0 radical (unpaired) electrons. The number of furan rings is 1. The highest BCUT2D eigenvalue weighted by Gasteiger charge is 2.24. The Kier molecular flexibility index (Phi) is 4.96. The molecule has 0 fully saturated rings. The van der Waals surface area contributed by atoms with Gasteiger partial charge in [0.1, 0.15) is 5.58 Å². The van der Waals surface area contributed by atoms with E-state index in [2.05, 4.69) is 149 Å². The highest BCUT2D eigenvalue weighted by atomic mass is 16.3. The molecule has 0 aliphatic heterocycles. The van der Waals surface area contributed by atoms with Crippen molar-refractivity contribution in [2.24, 2.45) is 0 Å². The van der Waals surface area contributed by atoms with Crippen LogP contribution in [0.25, 0.3) is 88.3 Å². The molecule has 0 aliphatic rings. The van der Waals surface area contributed by atoms with Gasteiger partial charge in [0, 0.05) is 43.9 Å². The van der Waals surface area contributed by atoms with E-state index in [1.54, 1.807) is 0 Å². The van der Waals surface area contributed by atoms with Crippen molar-refractivity contribution in [2.75, 3.05) is 0 Å². The van der Waals surface area contributed by atoms with Crippen LogP contribution in [0, 0.1) is 0 Å². The van der Waals surface area contributed by atoms with Crippen LogP contribution in [0.15, 0.2) is 156 Å². The first-order chi connectivity index (χ1) is 22.3. The number of hydrogen-bond donors (Lipinski definition) is 0. The van der Waals surface area contributed by atoms with Gasteiger partial charge < -0.3 is 13.6 Å². The highest BCUT2D eigenvalue weighted by molar-refractivity contribution is 6.27. The van der Waals surface area contributed by atoms with E-state index in [9.17, 15) is 0 Å². The minimum atomic E-state index is 0.644. The van der Waals surface area contributed by atoms with Crippen LogP contribution in [0.3, 0.4) is 0 Å². The number of fused-ring (bicyclic) bond motifs is 10. The molecule has 4 heterocycles. The Bertz CT molecular complexity index is 2690. The van der Waals surface area contributed by atoms with Gasteiger partial charge in [0.25, 0.3) is 0 Å². The van der Waals surface area contributed by atoms with Crippen molar-refractivity contribution in [1.82, 2.24) is 14.1 Å². The monoisotopic (exact) mass is 575 g/mol. The van der Waals surface area contributed by atoms with Gasteiger partial charge in [-0.05, 0) is 48.5 Å². The predicted octanol–water partition coefficient (Wildman–Crippen LogP) is 10.8. The molecule has 0 atom stereocenters. The Hall–Kier alpha value is -6.13. The first-order valence-electron chi connectivity index (χ1n) is 15.2. The maximum absolute atomic E-state index is 6.46. The first kappa shape index (κ1) is 24.3. The van der Waals surface area contributed by atoms with Crippen LogP contribution >= 0.6 is 0 Å². The molecular weight excluding hydrogens is 550 g/mol. The topological polar surface area (TPSA) is 35.9 Å². The lowest BCUT2D eigenvalue weighted by Gasteiger charge is -2.11. The molecule has 10 aromatic rings. The molecule has 0 saturated carbocycles. The van der Waals surface area contributed by atoms with E-state index in [-0.39, 0.29) is 0 Å². The Balaban J connectivity index is 1.29. The number of benzene rings is 6. The van der Waals surface area contributed by atoms with Gasteiger partial charge in [-0.2, -0.15) is 0 Å². The van der Waals surface area contributed by atoms with Crippen molar-refractivity contribution in [3.63, 3.8) is 0 Å². The molecule has 210 valence electrons. The standard InChI is InChI=1S/C41H25N3O/c1-2-12-27(13-3-1)44-35-20-10-6-16-31(35)37-39(42-41-38(40(37)44)32-17-7-11-21-36(32)45-41)26-22-24-28(25-23-26)43-33-18-8-4-14-29(33)30-15-5-9-19-34(30)43/h1-25H. The molecule has 0 N–H and O–H groups in total. The number of pyridine rings is 1. The van der Waals surface area contributed by atoms with E-state index in [1.807, 2.05) is 12.1 Å². The lowest BCUT2D eigenvalue weighted by molar-refractivity contribution is 0.655. The molecule has 0 spiro atoms. The van der Waals surface area contributed by atoms with Crippen LogP contribution in [-0.4, -0.2) is 14.1 Å². The maximum Gasteiger partial charge on any atom is 0.230 e. The smallest absolute Gasteiger partial charge is 0.230 e. The molecular formula is C41H25N3O. The van der Waals surface area contributed by atoms with Gasteiger partial charge in [-0.15, -0.1) is 0 Å². The van der Waals surface area contributed by atoms with Gasteiger partial charge in [-0.1, -0.05) is 103 Å². The molecule has 0 bridgehead atoms. The molecule has 0 unspecified atom stereocenters. The normalized spacial score (nSPS) is 12.0. The van der Waals surface area contributed by atoms with Gasteiger partial charge in [0.2, 0.25) is 5.71 Å². The summed E-state index contributed by atoms with van der Waals surface area (Å²) in [5.74, 6) is 0. The third kappa shape index (κ3) is 3.39. The lowest BCUT2D eigenvalue weighted by atomic mass is 10.0. The van der Waals surface area contributed by atoms with Crippen molar-refractivity contribution >= 4 is 65.7 Å². The summed E-state index contributed by atoms with van der Waals surface area (Å²) in [7, 11) is 0. The second kappa shape index (κ2) is 9.18. The van der Waals surface area contributed by atoms with Crippen molar-refractivity contribution in [1.29, 1.82) is 0 Å². The summed E-state index contributed by atoms with van der Waals surface area (Å²) in [4.78, 5) is 5.27. The molecule has 4 nitrogen and oxygen atoms in total. The Morgan fingerprint density at radius 2 is 0.956 bits per heavy atom.